The molecule has 0 aliphatic carbocycles. The fraction of sp³-hybridized carbons (Fsp3) is 0.700. The Labute approximate surface area is 170 Å². The Balaban J connectivity index is 1.83. The normalized spacial score (nSPS) is 20.6. The number of hydrogen-bond donors (Lipinski definition) is 1. The second kappa shape index (κ2) is 9.33. The van der Waals surface area contributed by atoms with Crippen molar-refractivity contribution in [3.8, 4) is 5.75 Å². The Kier molecular flexibility index (Phi) is 7.33. The minimum Gasteiger partial charge on any atom is -0.598 e. The summed E-state index contributed by atoms with van der Waals surface area (Å²) in [5.41, 5.74) is 2.24. The third kappa shape index (κ3) is 5.75. The van der Waals surface area contributed by atoms with Crippen molar-refractivity contribution in [1.29, 1.82) is 0 Å². The number of nitrogens with one attached hydrogen (secondary N) is 1. The van der Waals surface area contributed by atoms with Gasteiger partial charge < -0.3 is 18.8 Å². The van der Waals surface area contributed by atoms with Crippen LogP contribution in [0.5, 0.6) is 5.75 Å². The zero-order valence-electron chi connectivity index (χ0n) is 16.4. The van der Waals surface area contributed by atoms with Gasteiger partial charge in [0.1, 0.15) is 10.5 Å². The number of benzene rings is 1. The number of hydrogen-bond acceptors (Lipinski definition) is 5. The Morgan fingerprint density at radius 3 is 2.67 bits per heavy atom. The van der Waals surface area contributed by atoms with Crippen LogP contribution < -0.4 is 9.46 Å². The average molecular weight is 416 g/mol. The van der Waals surface area contributed by atoms with Gasteiger partial charge in [-0.05, 0) is 69.7 Å². The SMILES string of the molecule is CC(C)(C)[S@+]([O-])N[C@@H](CCC1OCCCO1)c1cc(Cl)cc2c1CCCO2. The van der Waals surface area contributed by atoms with E-state index in [4.69, 9.17) is 25.8 Å². The van der Waals surface area contributed by atoms with E-state index in [1.165, 1.54) is 5.56 Å². The Morgan fingerprint density at radius 2 is 1.96 bits per heavy atom. The molecule has 1 aromatic rings. The highest BCUT2D eigenvalue weighted by Crippen LogP contribution is 2.37. The van der Waals surface area contributed by atoms with Gasteiger partial charge in [0.05, 0.1) is 25.9 Å². The van der Waals surface area contributed by atoms with E-state index in [9.17, 15) is 4.55 Å². The monoisotopic (exact) mass is 415 g/mol. The Bertz CT molecular complexity index is 631. The van der Waals surface area contributed by atoms with Crippen molar-refractivity contribution in [3.63, 3.8) is 0 Å². The van der Waals surface area contributed by atoms with E-state index in [2.05, 4.69) is 4.72 Å². The molecule has 7 heteroatoms. The van der Waals surface area contributed by atoms with E-state index < -0.39 is 11.4 Å². The molecule has 2 heterocycles. The molecule has 2 atom stereocenters. The van der Waals surface area contributed by atoms with Gasteiger partial charge >= 0.3 is 0 Å². The molecule has 0 unspecified atom stereocenters. The van der Waals surface area contributed by atoms with Crippen LogP contribution >= 0.6 is 11.6 Å². The summed E-state index contributed by atoms with van der Waals surface area (Å²) in [6, 6.07) is 3.76. The molecule has 0 amide bonds. The van der Waals surface area contributed by atoms with Crippen LogP contribution in [0.15, 0.2) is 12.1 Å². The zero-order valence-corrected chi connectivity index (χ0v) is 18.0. The summed E-state index contributed by atoms with van der Waals surface area (Å²) in [5.74, 6) is 0.849. The van der Waals surface area contributed by atoms with Gasteiger partial charge in [-0.2, -0.15) is 0 Å². The van der Waals surface area contributed by atoms with Crippen LogP contribution in [0.4, 0.5) is 0 Å². The highest BCUT2D eigenvalue weighted by Gasteiger charge is 2.32. The van der Waals surface area contributed by atoms with Crippen LogP contribution in [0.1, 0.15) is 63.6 Å². The lowest BCUT2D eigenvalue weighted by molar-refractivity contribution is -0.182. The highest BCUT2D eigenvalue weighted by molar-refractivity contribution is 7.90. The van der Waals surface area contributed by atoms with E-state index in [0.29, 0.717) is 11.6 Å². The number of rotatable bonds is 6. The van der Waals surface area contributed by atoms with E-state index in [1.54, 1.807) is 0 Å². The van der Waals surface area contributed by atoms with Crippen molar-refractivity contribution in [2.45, 2.75) is 70.0 Å². The molecule has 0 aromatic heterocycles. The molecule has 5 nitrogen and oxygen atoms in total. The fourth-order valence-corrected chi connectivity index (χ4v) is 4.43. The summed E-state index contributed by atoms with van der Waals surface area (Å²) >= 11 is 5.17. The third-order valence-corrected chi connectivity index (χ3v) is 6.63. The molecule has 0 spiro atoms. The number of ether oxygens (including phenoxy) is 3. The Hall–Kier alpha value is -0.500. The van der Waals surface area contributed by atoms with Gasteiger partial charge in [-0.15, -0.1) is 4.72 Å². The summed E-state index contributed by atoms with van der Waals surface area (Å²) in [7, 11) is 0. The van der Waals surface area contributed by atoms with Crippen molar-refractivity contribution >= 4 is 23.0 Å². The topological polar surface area (TPSA) is 62.8 Å². The van der Waals surface area contributed by atoms with E-state index in [0.717, 1.165) is 56.6 Å². The summed E-state index contributed by atoms with van der Waals surface area (Å²) in [6.07, 6.45) is 4.15. The highest BCUT2D eigenvalue weighted by atomic mass is 35.5. The van der Waals surface area contributed by atoms with Crippen molar-refractivity contribution in [1.82, 2.24) is 4.72 Å². The molecule has 1 N–H and O–H groups in total. The van der Waals surface area contributed by atoms with Crippen LogP contribution in [-0.2, 0) is 27.3 Å². The maximum absolute atomic E-state index is 12.8. The molecule has 1 fully saturated rings. The fourth-order valence-electron chi connectivity index (χ4n) is 3.36. The molecule has 1 aromatic carbocycles. The van der Waals surface area contributed by atoms with E-state index >= 15 is 0 Å². The molecule has 2 aliphatic rings. The van der Waals surface area contributed by atoms with Gasteiger partial charge in [-0.25, -0.2) is 0 Å². The predicted molar refractivity (Wildman–Crippen MR) is 109 cm³/mol. The second-order valence-electron chi connectivity index (χ2n) is 8.08. The van der Waals surface area contributed by atoms with Gasteiger partial charge in [-0.3, -0.25) is 0 Å². The first-order chi connectivity index (χ1) is 12.8. The lowest BCUT2D eigenvalue weighted by Crippen LogP contribution is -2.42. The summed E-state index contributed by atoms with van der Waals surface area (Å²) in [4.78, 5) is 0. The Morgan fingerprint density at radius 1 is 1.22 bits per heavy atom. The van der Waals surface area contributed by atoms with Gasteiger partial charge in [-0.1, -0.05) is 11.6 Å². The molecule has 27 heavy (non-hydrogen) atoms. The predicted octanol–water partition coefficient (Wildman–Crippen LogP) is 4.30. The van der Waals surface area contributed by atoms with Crippen LogP contribution in [-0.4, -0.2) is 35.4 Å². The summed E-state index contributed by atoms with van der Waals surface area (Å²) in [6.45, 7) is 8.09. The smallest absolute Gasteiger partial charge is 0.157 e. The van der Waals surface area contributed by atoms with E-state index in [-0.39, 0.29) is 17.1 Å². The lowest BCUT2D eigenvalue weighted by Gasteiger charge is -2.31. The first kappa shape index (κ1) is 21.2. The van der Waals surface area contributed by atoms with Crippen molar-refractivity contribution < 1.29 is 18.8 Å². The first-order valence-corrected chi connectivity index (χ1v) is 11.2. The molecule has 0 saturated carbocycles. The van der Waals surface area contributed by atoms with E-state index in [1.807, 2.05) is 32.9 Å². The lowest BCUT2D eigenvalue weighted by atomic mass is 9.93. The van der Waals surface area contributed by atoms with Crippen molar-refractivity contribution in [2.75, 3.05) is 19.8 Å². The van der Waals surface area contributed by atoms with Gasteiger partial charge in [0, 0.05) is 22.8 Å². The third-order valence-electron chi connectivity index (χ3n) is 4.81. The molecule has 3 rings (SSSR count). The number of fused-ring (bicyclic) bond motifs is 1. The molecule has 152 valence electrons. The first-order valence-electron chi connectivity index (χ1n) is 9.71. The summed E-state index contributed by atoms with van der Waals surface area (Å²) < 4.78 is 33.0. The molecule has 0 bridgehead atoms. The quantitative estimate of drug-likeness (QED) is 0.701. The van der Waals surface area contributed by atoms with Crippen LogP contribution in [0.3, 0.4) is 0 Å². The van der Waals surface area contributed by atoms with Gasteiger partial charge in [0.2, 0.25) is 0 Å². The number of halogens is 1. The molecule has 0 radical (unpaired) electrons. The van der Waals surface area contributed by atoms with Crippen LogP contribution in [0, 0.1) is 0 Å². The van der Waals surface area contributed by atoms with Gasteiger partial charge in [0.15, 0.2) is 6.29 Å². The van der Waals surface area contributed by atoms with Crippen LogP contribution in [0.25, 0.3) is 0 Å². The van der Waals surface area contributed by atoms with Crippen molar-refractivity contribution in [3.05, 3.63) is 28.3 Å². The zero-order chi connectivity index (χ0) is 19.4. The average Bonchev–Trinajstić information content (AvgIpc) is 2.64. The standard InChI is InChI=1S/C20H30ClNO4S/c1-20(2,3)27(23)22-17(7-8-19-25-10-5-11-26-19)16-12-14(21)13-18-15(16)6-4-9-24-18/h12-13,17,19,22H,4-11H2,1-3H3/t17-,27-/m0/s1. The van der Waals surface area contributed by atoms with Gasteiger partial charge in [0.25, 0.3) is 0 Å². The summed E-state index contributed by atoms with van der Waals surface area (Å²) in [5, 5.41) is 0.643. The van der Waals surface area contributed by atoms with Crippen molar-refractivity contribution in [2.24, 2.45) is 0 Å². The largest absolute Gasteiger partial charge is 0.598 e. The second-order valence-corrected chi connectivity index (χ2v) is 10.5. The molecular weight excluding hydrogens is 386 g/mol. The molecular formula is C20H30ClNO4S. The minimum atomic E-state index is -1.20. The maximum Gasteiger partial charge on any atom is 0.157 e. The maximum atomic E-state index is 12.8. The molecule has 1 saturated heterocycles. The molecule has 2 aliphatic heterocycles. The van der Waals surface area contributed by atoms with Crippen LogP contribution in [0.2, 0.25) is 5.02 Å². The minimum absolute atomic E-state index is 0.103.